The molecule has 5 rings (SSSR count). The van der Waals surface area contributed by atoms with Crippen LogP contribution in [0, 0.1) is 16.7 Å². The Bertz CT molecular complexity index is 1490. The zero-order chi connectivity index (χ0) is 26.2. The Morgan fingerprint density at radius 3 is 2.57 bits per heavy atom. The fraction of sp³-hybridized carbons (Fsp3) is 0.276. The Hall–Kier alpha value is -3.86. The van der Waals surface area contributed by atoms with Crippen molar-refractivity contribution < 1.29 is 19.1 Å². The minimum atomic E-state index is -0.291. The van der Waals surface area contributed by atoms with Crippen LogP contribution in [0.2, 0.25) is 0 Å². The van der Waals surface area contributed by atoms with E-state index in [1.807, 2.05) is 30.3 Å². The number of ether oxygens (including phenoxy) is 1. The molecule has 4 aromatic rings. The zero-order valence-electron chi connectivity index (χ0n) is 20.6. The van der Waals surface area contributed by atoms with Crippen molar-refractivity contribution in [2.45, 2.75) is 18.9 Å². The molecule has 0 atom stereocenters. The van der Waals surface area contributed by atoms with Crippen LogP contribution in [0.1, 0.15) is 28.8 Å². The van der Waals surface area contributed by atoms with Gasteiger partial charge in [0.05, 0.1) is 12.2 Å². The highest BCUT2D eigenvalue weighted by atomic mass is 35.5. The molecular formula is C29H26ClN3O4. The number of pyridine rings is 1. The SMILES string of the molecule is CN(C)C(=O)c1ccc(-c2cc3nccc(-c4ccc(OC5CC(CO)(CCl)C5)c(C#N)c4)c3o2)cc1. The minimum absolute atomic E-state index is 0.0297. The van der Waals surface area contributed by atoms with Gasteiger partial charge in [-0.05, 0) is 48.7 Å². The molecule has 0 radical (unpaired) electrons. The quantitative estimate of drug-likeness (QED) is 0.326. The molecule has 1 N–H and O–H groups in total. The second kappa shape index (κ2) is 9.89. The van der Waals surface area contributed by atoms with Crippen molar-refractivity contribution in [3.63, 3.8) is 0 Å². The van der Waals surface area contributed by atoms with Gasteiger partial charge in [0.1, 0.15) is 29.2 Å². The third-order valence-electron chi connectivity index (χ3n) is 6.88. The molecule has 1 aliphatic rings. The van der Waals surface area contributed by atoms with Crippen LogP contribution in [-0.2, 0) is 0 Å². The number of carbonyl (C=O) groups is 1. The first kappa shape index (κ1) is 24.8. The minimum Gasteiger partial charge on any atom is -0.489 e. The van der Waals surface area contributed by atoms with E-state index in [1.54, 1.807) is 44.6 Å². The van der Waals surface area contributed by atoms with Gasteiger partial charge in [-0.1, -0.05) is 18.2 Å². The zero-order valence-corrected chi connectivity index (χ0v) is 21.3. The standard InChI is InChI=1S/C29H26ClN3O4/c1-33(2)28(35)19-5-3-18(4-6-19)26-12-24-27(37-26)23(9-10-32-24)20-7-8-25(21(11-20)15-31)36-22-13-29(14-22,16-30)17-34/h3-12,22,34H,13-14,16-17H2,1-2H3. The topological polar surface area (TPSA) is 99.6 Å². The number of fused-ring (bicyclic) bond motifs is 1. The van der Waals surface area contributed by atoms with E-state index in [4.69, 9.17) is 20.8 Å². The number of rotatable bonds is 7. The van der Waals surface area contributed by atoms with E-state index >= 15 is 0 Å². The fourth-order valence-electron chi connectivity index (χ4n) is 4.68. The summed E-state index contributed by atoms with van der Waals surface area (Å²) in [4.78, 5) is 18.2. The molecule has 0 unspecified atom stereocenters. The number of furan rings is 1. The Kier molecular flexibility index (Phi) is 6.63. The predicted octanol–water partition coefficient (Wildman–Crippen LogP) is 5.49. The smallest absolute Gasteiger partial charge is 0.253 e. The summed E-state index contributed by atoms with van der Waals surface area (Å²) in [6.07, 6.45) is 2.94. The van der Waals surface area contributed by atoms with Gasteiger partial charge in [0.15, 0.2) is 5.58 Å². The van der Waals surface area contributed by atoms with Crippen molar-refractivity contribution in [2.24, 2.45) is 5.41 Å². The molecule has 7 nitrogen and oxygen atoms in total. The molecule has 37 heavy (non-hydrogen) atoms. The van der Waals surface area contributed by atoms with Gasteiger partial charge in [0.2, 0.25) is 0 Å². The van der Waals surface area contributed by atoms with Gasteiger partial charge in [-0.3, -0.25) is 9.78 Å². The van der Waals surface area contributed by atoms with Crippen LogP contribution in [-0.4, -0.2) is 53.6 Å². The van der Waals surface area contributed by atoms with Crippen molar-refractivity contribution in [3.05, 3.63) is 71.9 Å². The number of nitriles is 1. The van der Waals surface area contributed by atoms with Crippen molar-refractivity contribution in [3.8, 4) is 34.3 Å². The van der Waals surface area contributed by atoms with E-state index in [2.05, 4.69) is 11.1 Å². The Balaban J connectivity index is 1.42. The van der Waals surface area contributed by atoms with Crippen molar-refractivity contribution >= 4 is 28.6 Å². The molecule has 0 aliphatic heterocycles. The predicted molar refractivity (Wildman–Crippen MR) is 142 cm³/mol. The van der Waals surface area contributed by atoms with Crippen molar-refractivity contribution in [1.82, 2.24) is 9.88 Å². The summed E-state index contributed by atoms with van der Waals surface area (Å²) in [5.74, 6) is 1.46. The largest absolute Gasteiger partial charge is 0.489 e. The molecule has 8 heteroatoms. The second-order valence-corrected chi connectivity index (χ2v) is 9.99. The van der Waals surface area contributed by atoms with Crippen LogP contribution in [0.15, 0.2) is 65.2 Å². The van der Waals surface area contributed by atoms with Gasteiger partial charge in [0.25, 0.3) is 5.91 Å². The highest BCUT2D eigenvalue weighted by Crippen LogP contribution is 2.44. The van der Waals surface area contributed by atoms with Gasteiger partial charge < -0.3 is 19.2 Å². The van der Waals surface area contributed by atoms with Crippen LogP contribution in [0.3, 0.4) is 0 Å². The Labute approximate surface area is 219 Å². The van der Waals surface area contributed by atoms with Crippen LogP contribution in [0.5, 0.6) is 5.75 Å². The number of benzene rings is 2. The van der Waals surface area contributed by atoms with Crippen molar-refractivity contribution in [1.29, 1.82) is 5.26 Å². The number of aromatic nitrogens is 1. The summed E-state index contributed by atoms with van der Waals surface area (Å²) in [5, 5.41) is 19.4. The van der Waals surface area contributed by atoms with Crippen LogP contribution < -0.4 is 4.74 Å². The van der Waals surface area contributed by atoms with E-state index in [-0.39, 0.29) is 24.0 Å². The van der Waals surface area contributed by atoms with Crippen molar-refractivity contribution in [2.75, 3.05) is 26.6 Å². The summed E-state index contributed by atoms with van der Waals surface area (Å²) < 4.78 is 12.3. The average molecular weight is 516 g/mol. The molecule has 1 saturated carbocycles. The lowest BCUT2D eigenvalue weighted by Crippen LogP contribution is -2.47. The number of amides is 1. The third-order valence-corrected chi connectivity index (χ3v) is 7.45. The van der Waals surface area contributed by atoms with Gasteiger partial charge in [0, 0.05) is 54.3 Å². The highest BCUT2D eigenvalue weighted by Gasteiger charge is 2.44. The number of carbonyl (C=O) groups excluding carboxylic acids is 1. The molecular weight excluding hydrogens is 490 g/mol. The number of aliphatic hydroxyl groups is 1. The molecule has 1 aliphatic carbocycles. The number of alkyl halides is 1. The molecule has 1 fully saturated rings. The first-order valence-electron chi connectivity index (χ1n) is 11.9. The Morgan fingerprint density at radius 2 is 1.92 bits per heavy atom. The number of hydrogen-bond acceptors (Lipinski definition) is 6. The van der Waals surface area contributed by atoms with Crippen LogP contribution in [0.4, 0.5) is 0 Å². The monoisotopic (exact) mass is 515 g/mol. The molecule has 1 amide bonds. The molecule has 0 bridgehead atoms. The normalized spacial score (nSPS) is 18.7. The van der Waals surface area contributed by atoms with E-state index < -0.39 is 0 Å². The molecule has 0 spiro atoms. The maximum absolute atomic E-state index is 12.2. The molecule has 2 aromatic heterocycles. The number of hydrogen-bond donors (Lipinski definition) is 1. The summed E-state index contributed by atoms with van der Waals surface area (Å²) in [6, 6.07) is 18.7. The molecule has 2 aromatic carbocycles. The Morgan fingerprint density at radius 1 is 1.19 bits per heavy atom. The van der Waals surface area contributed by atoms with E-state index in [0.29, 0.717) is 52.5 Å². The maximum Gasteiger partial charge on any atom is 0.253 e. The molecule has 188 valence electrons. The lowest BCUT2D eigenvalue weighted by Gasteiger charge is -2.45. The molecule has 0 saturated heterocycles. The fourth-order valence-corrected chi connectivity index (χ4v) is 4.98. The lowest BCUT2D eigenvalue weighted by molar-refractivity contribution is -0.0353. The van der Waals surface area contributed by atoms with Gasteiger partial charge in [-0.15, -0.1) is 11.6 Å². The van der Waals surface area contributed by atoms with E-state index in [1.165, 1.54) is 4.90 Å². The molecule has 2 heterocycles. The van der Waals surface area contributed by atoms with Crippen LogP contribution in [0.25, 0.3) is 33.6 Å². The summed E-state index contributed by atoms with van der Waals surface area (Å²) in [5.41, 5.74) is 4.47. The average Bonchev–Trinajstić information content (AvgIpc) is 3.35. The number of aliphatic hydroxyl groups excluding tert-OH is 1. The maximum atomic E-state index is 12.2. The first-order valence-corrected chi connectivity index (χ1v) is 12.5. The number of nitrogens with zero attached hydrogens (tertiary/aromatic N) is 3. The first-order chi connectivity index (χ1) is 17.9. The number of halogens is 1. The van der Waals surface area contributed by atoms with Gasteiger partial charge in [-0.2, -0.15) is 5.26 Å². The third kappa shape index (κ3) is 4.66. The van der Waals surface area contributed by atoms with Gasteiger partial charge >= 0.3 is 0 Å². The van der Waals surface area contributed by atoms with Gasteiger partial charge in [-0.25, -0.2) is 0 Å². The summed E-state index contributed by atoms with van der Waals surface area (Å²) in [7, 11) is 3.44. The summed E-state index contributed by atoms with van der Waals surface area (Å²) >= 11 is 6.00. The highest BCUT2D eigenvalue weighted by molar-refractivity contribution is 6.18. The lowest BCUT2D eigenvalue weighted by atomic mass is 9.68. The van der Waals surface area contributed by atoms with Crippen LogP contribution >= 0.6 is 11.6 Å². The second-order valence-electron chi connectivity index (χ2n) is 9.72. The summed E-state index contributed by atoms with van der Waals surface area (Å²) in [6.45, 7) is 0.0297. The van der Waals surface area contributed by atoms with E-state index in [0.717, 1.165) is 16.7 Å². The van der Waals surface area contributed by atoms with E-state index in [9.17, 15) is 15.2 Å².